The van der Waals surface area contributed by atoms with Gasteiger partial charge in [-0.25, -0.2) is 9.67 Å². The van der Waals surface area contributed by atoms with Crippen LogP contribution in [-0.4, -0.2) is 20.7 Å². The monoisotopic (exact) mass is 482 g/mol. The maximum absolute atomic E-state index is 13.1. The van der Waals surface area contributed by atoms with Crippen molar-refractivity contribution in [1.29, 1.82) is 0 Å². The normalized spacial score (nSPS) is 11.2. The summed E-state index contributed by atoms with van der Waals surface area (Å²) < 4.78 is 2.34. The van der Waals surface area contributed by atoms with Crippen LogP contribution < -0.4 is 10.9 Å². The van der Waals surface area contributed by atoms with E-state index in [9.17, 15) is 9.59 Å². The van der Waals surface area contributed by atoms with Crippen molar-refractivity contribution in [1.82, 2.24) is 14.8 Å². The largest absolute Gasteiger partial charge is 0.296 e. The standard InChI is InChI=1S/C22H19BrN4O2S/c1-12(2)27-21(29)17-7-5-4-6-16(17)19(26-27)20(28)25-22-24-18(13(3)30-22)14-8-10-15(23)11-9-14/h4-12H,1-3H3,(H,24,25,28). The molecule has 152 valence electrons. The number of anilines is 1. The zero-order valence-electron chi connectivity index (χ0n) is 16.6. The molecule has 4 rings (SSSR count). The van der Waals surface area contributed by atoms with Crippen LogP contribution >= 0.6 is 27.3 Å². The van der Waals surface area contributed by atoms with E-state index >= 15 is 0 Å². The van der Waals surface area contributed by atoms with Gasteiger partial charge in [0, 0.05) is 20.3 Å². The summed E-state index contributed by atoms with van der Waals surface area (Å²) >= 11 is 4.84. The Morgan fingerprint density at radius 1 is 1.10 bits per heavy atom. The molecular weight excluding hydrogens is 464 g/mol. The predicted octanol–water partition coefficient (Wildman–Crippen LogP) is 5.42. The highest BCUT2D eigenvalue weighted by Gasteiger charge is 2.20. The Labute approximate surface area is 185 Å². The molecule has 0 spiro atoms. The van der Waals surface area contributed by atoms with Crippen molar-refractivity contribution in [3.63, 3.8) is 0 Å². The Balaban J connectivity index is 1.72. The minimum atomic E-state index is -0.392. The highest BCUT2D eigenvalue weighted by atomic mass is 79.9. The van der Waals surface area contributed by atoms with Crippen LogP contribution in [0.1, 0.15) is 35.3 Å². The molecule has 0 atom stereocenters. The van der Waals surface area contributed by atoms with Gasteiger partial charge >= 0.3 is 0 Å². The number of rotatable bonds is 4. The third-order valence-electron chi connectivity index (χ3n) is 4.67. The molecule has 4 aromatic rings. The molecule has 0 saturated carbocycles. The number of carbonyl (C=O) groups excluding carboxylic acids is 1. The molecular formula is C22H19BrN4O2S. The maximum atomic E-state index is 13.1. The summed E-state index contributed by atoms with van der Waals surface area (Å²) in [6.07, 6.45) is 0. The Morgan fingerprint density at radius 3 is 2.43 bits per heavy atom. The van der Waals surface area contributed by atoms with Crippen molar-refractivity contribution in [2.45, 2.75) is 26.8 Å². The van der Waals surface area contributed by atoms with Crippen LogP contribution in [0.25, 0.3) is 22.0 Å². The second-order valence-corrected chi connectivity index (χ2v) is 9.24. The number of hydrogen-bond donors (Lipinski definition) is 1. The van der Waals surface area contributed by atoms with E-state index in [0.29, 0.717) is 15.9 Å². The summed E-state index contributed by atoms with van der Waals surface area (Å²) in [5, 5.41) is 8.70. The number of hydrogen-bond acceptors (Lipinski definition) is 5. The molecule has 2 heterocycles. The molecule has 0 aliphatic heterocycles. The van der Waals surface area contributed by atoms with Crippen LogP contribution in [0.2, 0.25) is 0 Å². The summed E-state index contributed by atoms with van der Waals surface area (Å²) in [7, 11) is 0. The smallest absolute Gasteiger partial charge is 0.278 e. The summed E-state index contributed by atoms with van der Waals surface area (Å²) in [6.45, 7) is 5.69. The van der Waals surface area contributed by atoms with Gasteiger partial charge < -0.3 is 0 Å². The number of fused-ring (bicyclic) bond motifs is 1. The van der Waals surface area contributed by atoms with Gasteiger partial charge in [0.1, 0.15) is 0 Å². The number of halogens is 1. The lowest BCUT2D eigenvalue weighted by Gasteiger charge is -2.12. The summed E-state index contributed by atoms with van der Waals surface area (Å²) in [6, 6.07) is 14.7. The van der Waals surface area contributed by atoms with Gasteiger partial charge in [0.25, 0.3) is 11.5 Å². The molecule has 0 radical (unpaired) electrons. The first-order chi connectivity index (χ1) is 14.3. The molecule has 30 heavy (non-hydrogen) atoms. The molecule has 0 bridgehead atoms. The van der Waals surface area contributed by atoms with Crippen LogP contribution in [0.15, 0.2) is 57.8 Å². The molecule has 2 aromatic heterocycles. The van der Waals surface area contributed by atoms with Gasteiger partial charge in [-0.15, -0.1) is 11.3 Å². The number of aromatic nitrogens is 3. The Hall–Kier alpha value is -2.84. The first-order valence-corrected chi connectivity index (χ1v) is 11.0. The van der Waals surface area contributed by atoms with Crippen LogP contribution in [0.5, 0.6) is 0 Å². The third-order valence-corrected chi connectivity index (χ3v) is 6.08. The topological polar surface area (TPSA) is 76.9 Å². The summed E-state index contributed by atoms with van der Waals surface area (Å²) in [5.74, 6) is -0.392. The van der Waals surface area contributed by atoms with Gasteiger partial charge in [0.15, 0.2) is 10.8 Å². The first-order valence-electron chi connectivity index (χ1n) is 9.41. The molecule has 8 heteroatoms. The van der Waals surface area contributed by atoms with Crippen molar-refractivity contribution in [2.75, 3.05) is 5.32 Å². The second-order valence-electron chi connectivity index (χ2n) is 7.12. The third kappa shape index (κ3) is 3.80. The molecule has 6 nitrogen and oxygen atoms in total. The molecule has 1 N–H and O–H groups in total. The van der Waals surface area contributed by atoms with Crippen LogP contribution in [0, 0.1) is 6.92 Å². The average molecular weight is 483 g/mol. The first kappa shape index (κ1) is 20.4. The minimum absolute atomic E-state index is 0.167. The van der Waals surface area contributed by atoms with Gasteiger partial charge in [-0.3, -0.25) is 14.9 Å². The number of benzene rings is 2. The van der Waals surface area contributed by atoms with Gasteiger partial charge in [-0.1, -0.05) is 46.3 Å². The van der Waals surface area contributed by atoms with Crippen LogP contribution in [0.4, 0.5) is 5.13 Å². The van der Waals surface area contributed by atoms with E-state index < -0.39 is 5.91 Å². The number of nitrogens with one attached hydrogen (secondary N) is 1. The van der Waals surface area contributed by atoms with E-state index in [4.69, 9.17) is 0 Å². The molecule has 0 aliphatic carbocycles. The number of aryl methyl sites for hydroxylation is 1. The summed E-state index contributed by atoms with van der Waals surface area (Å²) in [4.78, 5) is 31.4. The zero-order chi connectivity index (χ0) is 21.4. The Morgan fingerprint density at radius 2 is 1.77 bits per heavy atom. The van der Waals surface area contributed by atoms with Gasteiger partial charge in [-0.2, -0.15) is 5.10 Å². The molecule has 0 saturated heterocycles. The number of nitrogens with zero attached hydrogens (tertiary/aromatic N) is 3. The molecule has 1 amide bonds. The van der Waals surface area contributed by atoms with E-state index in [2.05, 4.69) is 31.3 Å². The maximum Gasteiger partial charge on any atom is 0.278 e. The number of carbonyl (C=O) groups is 1. The van der Waals surface area contributed by atoms with Crippen molar-refractivity contribution in [2.24, 2.45) is 0 Å². The predicted molar refractivity (Wildman–Crippen MR) is 124 cm³/mol. The van der Waals surface area contributed by atoms with Crippen LogP contribution in [-0.2, 0) is 0 Å². The van der Waals surface area contributed by atoms with E-state index in [1.807, 2.05) is 45.0 Å². The summed E-state index contributed by atoms with van der Waals surface area (Å²) in [5.41, 5.74) is 1.80. The van der Waals surface area contributed by atoms with Gasteiger partial charge in [-0.05, 0) is 39.0 Å². The minimum Gasteiger partial charge on any atom is -0.296 e. The molecule has 0 fully saturated rings. The lowest BCUT2D eigenvalue weighted by molar-refractivity contribution is 0.102. The zero-order valence-corrected chi connectivity index (χ0v) is 19.0. The van der Waals surface area contributed by atoms with Gasteiger partial charge in [0.05, 0.1) is 17.1 Å². The van der Waals surface area contributed by atoms with Crippen molar-refractivity contribution < 1.29 is 4.79 Å². The number of thiazole rings is 1. The lowest BCUT2D eigenvalue weighted by atomic mass is 10.1. The van der Waals surface area contributed by atoms with Crippen LogP contribution in [0.3, 0.4) is 0 Å². The van der Waals surface area contributed by atoms with E-state index in [-0.39, 0.29) is 17.3 Å². The fourth-order valence-electron chi connectivity index (χ4n) is 3.21. The average Bonchev–Trinajstić information content (AvgIpc) is 3.08. The fourth-order valence-corrected chi connectivity index (χ4v) is 4.30. The molecule has 0 aliphatic rings. The number of amides is 1. The second kappa shape index (κ2) is 8.12. The van der Waals surface area contributed by atoms with E-state index in [0.717, 1.165) is 20.6 Å². The van der Waals surface area contributed by atoms with Crippen molar-refractivity contribution in [3.8, 4) is 11.3 Å². The SMILES string of the molecule is Cc1sc(NC(=O)c2nn(C(C)C)c(=O)c3ccccc23)nc1-c1ccc(Br)cc1. The van der Waals surface area contributed by atoms with Crippen molar-refractivity contribution in [3.05, 3.63) is 73.9 Å². The lowest BCUT2D eigenvalue weighted by Crippen LogP contribution is -2.28. The molecule has 0 unspecified atom stereocenters. The van der Waals surface area contributed by atoms with Gasteiger partial charge in [0.2, 0.25) is 0 Å². The highest BCUT2D eigenvalue weighted by Crippen LogP contribution is 2.31. The quantitative estimate of drug-likeness (QED) is 0.420. The van der Waals surface area contributed by atoms with Crippen molar-refractivity contribution >= 4 is 49.1 Å². The Kier molecular flexibility index (Phi) is 5.53. The highest BCUT2D eigenvalue weighted by molar-refractivity contribution is 9.10. The van der Waals surface area contributed by atoms with E-state index in [1.165, 1.54) is 16.0 Å². The fraction of sp³-hybridized carbons (Fsp3) is 0.182. The molecule has 2 aromatic carbocycles. The Bertz CT molecular complexity index is 1310. The van der Waals surface area contributed by atoms with E-state index in [1.54, 1.807) is 24.3 Å².